The van der Waals surface area contributed by atoms with Gasteiger partial charge in [0.05, 0.1) is 12.3 Å². The lowest BCUT2D eigenvalue weighted by Gasteiger charge is -2.54. The van der Waals surface area contributed by atoms with Crippen molar-refractivity contribution in [2.45, 2.75) is 42.7 Å². The molecule has 1 fully saturated rings. The highest BCUT2D eigenvalue weighted by Gasteiger charge is 2.64. The number of rotatable bonds is 2. The summed E-state index contributed by atoms with van der Waals surface area (Å²) in [6, 6.07) is 17.2. The van der Waals surface area contributed by atoms with E-state index in [2.05, 4.69) is 11.1 Å². The van der Waals surface area contributed by atoms with Crippen molar-refractivity contribution in [1.29, 1.82) is 0 Å². The zero-order valence-corrected chi connectivity index (χ0v) is 16.8. The normalized spacial score (nSPS) is 28.7. The van der Waals surface area contributed by atoms with Crippen molar-refractivity contribution in [3.05, 3.63) is 71.4 Å². The van der Waals surface area contributed by atoms with E-state index in [0.29, 0.717) is 25.0 Å². The fourth-order valence-corrected chi connectivity index (χ4v) is 5.64. The fraction of sp³-hybridized carbons (Fsp3) is 0.417. The predicted molar refractivity (Wildman–Crippen MR) is 110 cm³/mol. The molecule has 29 heavy (non-hydrogen) atoms. The van der Waals surface area contributed by atoms with Gasteiger partial charge in [0.1, 0.15) is 11.1 Å². The molecular formula is C24H26F2N2O. The molecule has 5 heteroatoms. The fourth-order valence-electron chi connectivity index (χ4n) is 5.64. The number of alkyl halides is 2. The SMILES string of the molecule is CN(C)C1(c2ccccc2)CCC2(CC1(F)F)OCCc1c2[nH]c2ccccc12. The number of nitrogens with one attached hydrogen (secondary N) is 1. The van der Waals surface area contributed by atoms with E-state index in [9.17, 15) is 0 Å². The van der Waals surface area contributed by atoms with Crippen LogP contribution in [0.3, 0.4) is 0 Å². The molecule has 1 aliphatic heterocycles. The molecule has 3 aromatic rings. The van der Waals surface area contributed by atoms with Gasteiger partial charge in [-0.25, -0.2) is 8.78 Å². The van der Waals surface area contributed by atoms with Crippen LogP contribution in [-0.2, 0) is 22.3 Å². The molecule has 2 heterocycles. The highest BCUT2D eigenvalue weighted by molar-refractivity contribution is 5.85. The molecule has 2 unspecified atom stereocenters. The lowest BCUT2D eigenvalue weighted by atomic mass is 9.65. The molecule has 1 spiro atoms. The summed E-state index contributed by atoms with van der Waals surface area (Å²) in [5, 5.41) is 1.13. The molecule has 0 bridgehead atoms. The van der Waals surface area contributed by atoms with Crippen molar-refractivity contribution in [3.8, 4) is 0 Å². The third-order valence-electron chi connectivity index (χ3n) is 7.02. The zero-order valence-electron chi connectivity index (χ0n) is 16.8. The quantitative estimate of drug-likeness (QED) is 0.644. The first-order chi connectivity index (χ1) is 13.9. The van der Waals surface area contributed by atoms with E-state index in [1.165, 1.54) is 0 Å². The molecule has 152 valence electrons. The van der Waals surface area contributed by atoms with Crippen molar-refractivity contribution in [2.75, 3.05) is 20.7 Å². The van der Waals surface area contributed by atoms with Gasteiger partial charge in [0.15, 0.2) is 0 Å². The number of hydrogen-bond acceptors (Lipinski definition) is 2. The van der Waals surface area contributed by atoms with Crippen molar-refractivity contribution in [3.63, 3.8) is 0 Å². The maximum Gasteiger partial charge on any atom is 0.273 e. The molecule has 1 saturated carbocycles. The number of aromatic amines is 1. The van der Waals surface area contributed by atoms with E-state index < -0.39 is 17.1 Å². The molecule has 1 aliphatic carbocycles. The average Bonchev–Trinajstić information content (AvgIpc) is 3.09. The first-order valence-electron chi connectivity index (χ1n) is 10.2. The van der Waals surface area contributed by atoms with E-state index in [1.807, 2.05) is 48.5 Å². The second-order valence-corrected chi connectivity index (χ2v) is 8.62. The van der Waals surface area contributed by atoms with Crippen LogP contribution < -0.4 is 0 Å². The van der Waals surface area contributed by atoms with E-state index in [1.54, 1.807) is 19.0 Å². The topological polar surface area (TPSA) is 28.3 Å². The van der Waals surface area contributed by atoms with Gasteiger partial charge in [0.25, 0.3) is 5.92 Å². The summed E-state index contributed by atoms with van der Waals surface area (Å²) in [6.07, 6.45) is 1.30. The van der Waals surface area contributed by atoms with Crippen molar-refractivity contribution in [2.24, 2.45) is 0 Å². The number of aromatic nitrogens is 1. The summed E-state index contributed by atoms with van der Waals surface area (Å²) in [7, 11) is 3.52. The molecular weight excluding hydrogens is 370 g/mol. The lowest BCUT2D eigenvalue weighted by molar-refractivity contribution is -0.232. The first-order valence-corrected chi connectivity index (χ1v) is 10.2. The van der Waals surface area contributed by atoms with Crippen molar-refractivity contribution < 1.29 is 13.5 Å². The van der Waals surface area contributed by atoms with Crippen LogP contribution in [0.1, 0.15) is 36.1 Å². The molecule has 5 rings (SSSR count). The molecule has 0 radical (unpaired) electrons. The van der Waals surface area contributed by atoms with Gasteiger partial charge >= 0.3 is 0 Å². The van der Waals surface area contributed by atoms with Crippen LogP contribution in [0.2, 0.25) is 0 Å². The minimum Gasteiger partial charge on any atom is -0.368 e. The minimum atomic E-state index is -2.96. The van der Waals surface area contributed by atoms with E-state index in [-0.39, 0.29) is 6.42 Å². The van der Waals surface area contributed by atoms with Crippen LogP contribution in [0, 0.1) is 0 Å². The van der Waals surface area contributed by atoms with Gasteiger partial charge < -0.3 is 9.72 Å². The first kappa shape index (κ1) is 18.8. The number of hydrogen-bond donors (Lipinski definition) is 1. The molecule has 2 aromatic carbocycles. The Morgan fingerprint density at radius 3 is 2.41 bits per heavy atom. The number of para-hydroxylation sites is 1. The molecule has 1 N–H and O–H groups in total. The highest BCUT2D eigenvalue weighted by Crippen LogP contribution is 2.58. The number of benzene rings is 2. The summed E-state index contributed by atoms with van der Waals surface area (Å²) in [4.78, 5) is 5.14. The molecule has 1 aromatic heterocycles. The van der Waals surface area contributed by atoms with E-state index >= 15 is 8.78 Å². The standard InChI is InChI=1S/C24H26F2N2O/c1-28(2)23(17-8-4-3-5-9-17)14-13-22(16-24(23,25)26)21-19(12-15-29-22)18-10-6-7-11-20(18)27-21/h3-11,27H,12-16H2,1-2H3. The highest BCUT2D eigenvalue weighted by atomic mass is 19.3. The third-order valence-corrected chi connectivity index (χ3v) is 7.02. The smallest absolute Gasteiger partial charge is 0.273 e. The van der Waals surface area contributed by atoms with Crippen LogP contribution in [0.4, 0.5) is 8.78 Å². The summed E-state index contributed by atoms with van der Waals surface area (Å²) >= 11 is 0. The van der Waals surface area contributed by atoms with Gasteiger partial charge in [0.2, 0.25) is 0 Å². The van der Waals surface area contributed by atoms with Crippen LogP contribution in [0.25, 0.3) is 10.9 Å². The number of H-pyrrole nitrogens is 1. The third kappa shape index (κ3) is 2.53. The van der Waals surface area contributed by atoms with Gasteiger partial charge in [-0.2, -0.15) is 0 Å². The Kier molecular flexibility index (Phi) is 4.13. The van der Waals surface area contributed by atoms with Crippen LogP contribution in [0.15, 0.2) is 54.6 Å². The predicted octanol–water partition coefficient (Wildman–Crippen LogP) is 5.21. The Morgan fingerprint density at radius 1 is 0.966 bits per heavy atom. The van der Waals surface area contributed by atoms with Crippen LogP contribution >= 0.6 is 0 Å². The summed E-state index contributed by atoms with van der Waals surface area (Å²) in [5.41, 5.74) is 1.34. The number of halogens is 2. The Morgan fingerprint density at radius 2 is 1.69 bits per heavy atom. The van der Waals surface area contributed by atoms with Gasteiger partial charge in [-0.1, -0.05) is 48.5 Å². The molecule has 2 atom stereocenters. The van der Waals surface area contributed by atoms with Gasteiger partial charge in [-0.05, 0) is 50.6 Å². The molecule has 0 saturated heterocycles. The summed E-state index contributed by atoms with van der Waals surface area (Å²) in [6.45, 7) is 0.477. The monoisotopic (exact) mass is 396 g/mol. The lowest BCUT2D eigenvalue weighted by Crippen LogP contribution is -2.62. The largest absolute Gasteiger partial charge is 0.368 e. The van der Waals surface area contributed by atoms with Crippen molar-refractivity contribution >= 4 is 10.9 Å². The van der Waals surface area contributed by atoms with Crippen molar-refractivity contribution in [1.82, 2.24) is 9.88 Å². The number of ether oxygens (including phenoxy) is 1. The summed E-state index contributed by atoms with van der Waals surface area (Å²) < 4.78 is 38.4. The van der Waals surface area contributed by atoms with Gasteiger partial charge in [0, 0.05) is 17.3 Å². The maximum atomic E-state index is 16.1. The zero-order chi connectivity index (χ0) is 20.3. The average molecular weight is 396 g/mol. The Labute approximate surface area is 169 Å². The Balaban J connectivity index is 1.63. The molecule has 2 aliphatic rings. The van der Waals surface area contributed by atoms with E-state index in [4.69, 9.17) is 4.74 Å². The second kappa shape index (κ2) is 6.38. The van der Waals surface area contributed by atoms with Crippen LogP contribution in [-0.4, -0.2) is 36.5 Å². The van der Waals surface area contributed by atoms with Gasteiger partial charge in [-0.3, -0.25) is 4.90 Å². The van der Waals surface area contributed by atoms with Gasteiger partial charge in [-0.15, -0.1) is 0 Å². The molecule has 0 amide bonds. The second-order valence-electron chi connectivity index (χ2n) is 8.62. The molecule has 3 nitrogen and oxygen atoms in total. The number of fused-ring (bicyclic) bond motifs is 4. The van der Waals surface area contributed by atoms with Crippen LogP contribution in [0.5, 0.6) is 0 Å². The minimum absolute atomic E-state index is 0.325. The Bertz CT molecular complexity index is 1050. The number of nitrogens with zero attached hydrogens (tertiary/aromatic N) is 1. The maximum absolute atomic E-state index is 16.1. The Hall–Kier alpha value is -2.24. The summed E-state index contributed by atoms with van der Waals surface area (Å²) in [5.74, 6) is -2.96. The van der Waals surface area contributed by atoms with E-state index in [0.717, 1.165) is 28.6 Å².